The molecule has 0 aliphatic heterocycles. The Morgan fingerprint density at radius 1 is 1.32 bits per heavy atom. The van der Waals surface area contributed by atoms with E-state index < -0.39 is 0 Å². The van der Waals surface area contributed by atoms with Gasteiger partial charge in [0.2, 0.25) is 0 Å². The lowest BCUT2D eigenvalue weighted by Crippen LogP contribution is -3.07. The van der Waals surface area contributed by atoms with Gasteiger partial charge in [-0.05, 0) is 36.8 Å². The van der Waals surface area contributed by atoms with Crippen molar-refractivity contribution in [1.29, 1.82) is 0 Å². The van der Waals surface area contributed by atoms with Crippen molar-refractivity contribution in [3.05, 3.63) is 29.8 Å². The molecule has 0 atom stereocenters. The zero-order chi connectivity index (χ0) is 14.5. The molecule has 0 saturated carbocycles. The highest BCUT2D eigenvalue weighted by atomic mass is 32.1. The minimum Gasteiger partial charge on any atom is -0.362 e. The molecular formula is C15H26N3S+. The summed E-state index contributed by atoms with van der Waals surface area (Å²) in [4.78, 5) is 1.45. The third kappa shape index (κ3) is 6.55. The van der Waals surface area contributed by atoms with Crippen LogP contribution in [-0.4, -0.2) is 32.3 Å². The van der Waals surface area contributed by atoms with E-state index in [-0.39, 0.29) is 5.41 Å². The van der Waals surface area contributed by atoms with Crippen molar-refractivity contribution >= 4 is 23.0 Å². The van der Waals surface area contributed by atoms with Crippen LogP contribution in [0.15, 0.2) is 24.3 Å². The molecule has 3 nitrogen and oxygen atoms in total. The van der Waals surface area contributed by atoms with Crippen molar-refractivity contribution in [2.24, 2.45) is 5.41 Å². The lowest BCUT2D eigenvalue weighted by atomic mass is 9.93. The van der Waals surface area contributed by atoms with Gasteiger partial charge in [0.15, 0.2) is 5.11 Å². The van der Waals surface area contributed by atoms with E-state index in [2.05, 4.69) is 57.6 Å². The average Bonchev–Trinajstić information content (AvgIpc) is 2.25. The van der Waals surface area contributed by atoms with Crippen LogP contribution in [0.4, 0.5) is 5.69 Å². The first-order valence-electron chi connectivity index (χ1n) is 6.69. The van der Waals surface area contributed by atoms with E-state index in [1.807, 2.05) is 12.1 Å². The fourth-order valence-corrected chi connectivity index (χ4v) is 2.43. The molecule has 0 unspecified atom stereocenters. The van der Waals surface area contributed by atoms with Gasteiger partial charge in [0, 0.05) is 17.6 Å². The van der Waals surface area contributed by atoms with Gasteiger partial charge < -0.3 is 15.5 Å². The molecule has 1 rings (SSSR count). The summed E-state index contributed by atoms with van der Waals surface area (Å²) in [7, 11) is 4.34. The van der Waals surface area contributed by atoms with Crippen molar-refractivity contribution < 1.29 is 4.90 Å². The number of quaternary nitrogens is 1. The number of hydrogen-bond donors (Lipinski definition) is 3. The number of thiocarbonyl (C=S) groups is 1. The molecule has 0 aliphatic rings. The van der Waals surface area contributed by atoms with Crippen LogP contribution >= 0.6 is 12.2 Å². The molecule has 4 heteroatoms. The van der Waals surface area contributed by atoms with Crippen molar-refractivity contribution in [2.75, 3.05) is 32.5 Å². The normalized spacial score (nSPS) is 11.5. The van der Waals surface area contributed by atoms with Gasteiger partial charge in [-0.1, -0.05) is 26.0 Å². The third-order valence-electron chi connectivity index (χ3n) is 2.84. The van der Waals surface area contributed by atoms with E-state index >= 15 is 0 Å². The highest BCUT2D eigenvalue weighted by Gasteiger charge is 2.21. The Morgan fingerprint density at radius 2 is 2.00 bits per heavy atom. The Balaban J connectivity index is 2.44. The molecule has 0 saturated heterocycles. The highest BCUT2D eigenvalue weighted by molar-refractivity contribution is 7.80. The Kier molecular flexibility index (Phi) is 5.76. The van der Waals surface area contributed by atoms with Crippen LogP contribution in [0.3, 0.4) is 0 Å². The van der Waals surface area contributed by atoms with E-state index in [4.69, 9.17) is 12.2 Å². The topological polar surface area (TPSA) is 28.5 Å². The van der Waals surface area contributed by atoms with Crippen LogP contribution in [0.25, 0.3) is 0 Å². The first kappa shape index (κ1) is 15.9. The van der Waals surface area contributed by atoms with E-state index in [0.29, 0.717) is 5.11 Å². The second kappa shape index (κ2) is 6.87. The fourth-order valence-electron chi connectivity index (χ4n) is 2.24. The van der Waals surface area contributed by atoms with Crippen molar-refractivity contribution in [1.82, 2.24) is 5.32 Å². The third-order valence-corrected chi connectivity index (χ3v) is 3.08. The maximum Gasteiger partial charge on any atom is 0.170 e. The van der Waals surface area contributed by atoms with Gasteiger partial charge in [0.1, 0.15) is 0 Å². The highest BCUT2D eigenvalue weighted by Crippen LogP contribution is 2.11. The van der Waals surface area contributed by atoms with Crippen LogP contribution in [0, 0.1) is 12.3 Å². The summed E-state index contributed by atoms with van der Waals surface area (Å²) in [6, 6.07) is 8.21. The number of aryl methyl sites for hydroxylation is 1. The van der Waals surface area contributed by atoms with Gasteiger partial charge in [-0.3, -0.25) is 0 Å². The predicted molar refractivity (Wildman–Crippen MR) is 86.9 cm³/mol. The minimum atomic E-state index is 0.219. The van der Waals surface area contributed by atoms with Gasteiger partial charge in [-0.25, -0.2) is 0 Å². The van der Waals surface area contributed by atoms with Crippen molar-refractivity contribution in [3.8, 4) is 0 Å². The quantitative estimate of drug-likeness (QED) is 0.713. The van der Waals surface area contributed by atoms with Crippen LogP contribution in [-0.2, 0) is 0 Å². The number of anilines is 1. The van der Waals surface area contributed by atoms with Gasteiger partial charge in [0.25, 0.3) is 0 Å². The summed E-state index contributed by atoms with van der Waals surface area (Å²) in [5.74, 6) is 0. The molecule has 0 heterocycles. The first-order chi connectivity index (χ1) is 8.78. The molecule has 19 heavy (non-hydrogen) atoms. The largest absolute Gasteiger partial charge is 0.362 e. The van der Waals surface area contributed by atoms with Gasteiger partial charge in [0.05, 0.1) is 20.6 Å². The Morgan fingerprint density at radius 3 is 2.58 bits per heavy atom. The summed E-state index contributed by atoms with van der Waals surface area (Å²) in [6.07, 6.45) is 0. The lowest BCUT2D eigenvalue weighted by Gasteiger charge is -2.26. The van der Waals surface area contributed by atoms with Crippen LogP contribution in [0.2, 0.25) is 0 Å². The van der Waals surface area contributed by atoms with E-state index in [0.717, 1.165) is 18.8 Å². The molecular weight excluding hydrogens is 254 g/mol. The SMILES string of the molecule is Cc1cccc(NC(=S)NCC(C)(C)C[NH+](C)C)c1. The Hall–Kier alpha value is -1.13. The average molecular weight is 280 g/mol. The summed E-state index contributed by atoms with van der Waals surface area (Å²) < 4.78 is 0. The molecule has 0 radical (unpaired) electrons. The second-order valence-corrected chi connectivity index (χ2v) is 6.63. The van der Waals surface area contributed by atoms with Gasteiger partial charge in [-0.15, -0.1) is 0 Å². The maximum atomic E-state index is 5.33. The first-order valence-corrected chi connectivity index (χ1v) is 7.10. The maximum absolute atomic E-state index is 5.33. The molecule has 1 aromatic rings. The number of rotatable bonds is 5. The summed E-state index contributed by atoms with van der Waals surface area (Å²) in [5.41, 5.74) is 2.48. The van der Waals surface area contributed by atoms with Gasteiger partial charge in [-0.2, -0.15) is 0 Å². The zero-order valence-corrected chi connectivity index (χ0v) is 13.4. The number of hydrogen-bond acceptors (Lipinski definition) is 1. The zero-order valence-electron chi connectivity index (χ0n) is 12.6. The molecule has 1 aromatic carbocycles. The molecule has 0 fully saturated rings. The fraction of sp³-hybridized carbons (Fsp3) is 0.533. The van der Waals surface area contributed by atoms with Crippen molar-refractivity contribution in [3.63, 3.8) is 0 Å². The van der Waals surface area contributed by atoms with E-state index in [9.17, 15) is 0 Å². The molecule has 0 aliphatic carbocycles. The second-order valence-electron chi connectivity index (χ2n) is 6.23. The molecule has 3 N–H and O–H groups in total. The monoisotopic (exact) mass is 280 g/mol. The van der Waals surface area contributed by atoms with Crippen LogP contribution < -0.4 is 15.5 Å². The van der Waals surface area contributed by atoms with Crippen molar-refractivity contribution in [2.45, 2.75) is 20.8 Å². The molecule has 0 spiro atoms. The molecule has 106 valence electrons. The summed E-state index contributed by atoms with van der Waals surface area (Å²) in [5, 5.41) is 7.21. The summed E-state index contributed by atoms with van der Waals surface area (Å²) >= 11 is 5.33. The standard InChI is InChI=1S/C15H25N3S/c1-12-7-6-8-13(9-12)17-14(19)16-10-15(2,3)11-18(4)5/h6-9H,10-11H2,1-5H3,(H2,16,17,19)/p+1. The Labute approximate surface area is 122 Å². The van der Waals surface area contributed by atoms with E-state index in [1.54, 1.807) is 0 Å². The molecule has 0 aromatic heterocycles. The Bertz CT molecular complexity index is 427. The van der Waals surface area contributed by atoms with Crippen LogP contribution in [0.5, 0.6) is 0 Å². The summed E-state index contributed by atoms with van der Waals surface area (Å²) in [6.45, 7) is 8.55. The smallest absolute Gasteiger partial charge is 0.170 e. The number of benzene rings is 1. The predicted octanol–water partition coefficient (Wildman–Crippen LogP) is 1.45. The van der Waals surface area contributed by atoms with Crippen LogP contribution in [0.1, 0.15) is 19.4 Å². The minimum absolute atomic E-state index is 0.219. The van der Waals surface area contributed by atoms with E-state index in [1.165, 1.54) is 10.5 Å². The molecule has 0 amide bonds. The molecule has 0 bridgehead atoms. The lowest BCUT2D eigenvalue weighted by molar-refractivity contribution is -0.865. The van der Waals surface area contributed by atoms with Gasteiger partial charge >= 0.3 is 0 Å². The number of nitrogens with one attached hydrogen (secondary N) is 3.